The lowest BCUT2D eigenvalue weighted by molar-refractivity contribution is -0.140. The predicted octanol–water partition coefficient (Wildman–Crippen LogP) is 5.20. The molecule has 3 aromatic rings. The van der Waals surface area contributed by atoms with Crippen molar-refractivity contribution in [1.82, 2.24) is 9.80 Å². The van der Waals surface area contributed by atoms with Crippen LogP contribution < -0.4 is 9.47 Å². The van der Waals surface area contributed by atoms with Gasteiger partial charge in [-0.15, -0.1) is 0 Å². The lowest BCUT2D eigenvalue weighted by Gasteiger charge is -2.31. The fourth-order valence-electron chi connectivity index (χ4n) is 5.22. The number of hydrogen-bond donors (Lipinski definition) is 1. The Morgan fingerprint density at radius 2 is 1.55 bits per heavy atom. The maximum atomic E-state index is 13.4. The number of unbranched alkanes of at least 4 members (excludes halogenated alkanes) is 1. The van der Waals surface area contributed by atoms with Crippen molar-refractivity contribution in [1.29, 1.82) is 0 Å². The largest absolute Gasteiger partial charge is 0.507 e. The van der Waals surface area contributed by atoms with Crippen molar-refractivity contribution >= 4 is 17.4 Å². The Balaban J connectivity index is 1.41. The van der Waals surface area contributed by atoms with Gasteiger partial charge < -0.3 is 24.2 Å². The molecule has 2 saturated heterocycles. The van der Waals surface area contributed by atoms with E-state index < -0.39 is 17.7 Å². The van der Waals surface area contributed by atoms with Gasteiger partial charge >= 0.3 is 0 Å². The molecule has 8 heteroatoms. The lowest BCUT2D eigenvalue weighted by atomic mass is 9.95. The highest BCUT2D eigenvalue weighted by molar-refractivity contribution is 6.46. The van der Waals surface area contributed by atoms with E-state index in [0.29, 0.717) is 56.6 Å². The second-order valence-corrected chi connectivity index (χ2v) is 10.5. The summed E-state index contributed by atoms with van der Waals surface area (Å²) in [5.74, 6) is -0.136. The van der Waals surface area contributed by atoms with Crippen molar-refractivity contribution in [3.8, 4) is 11.5 Å². The standard InChI is InChI=1S/C34H38N2O6/c1-2-3-21-41-28-15-11-27(12-16-28)32(37)30-31(36(34(39)33(30)38)18-17-35-19-22-40-23-20-35)26-9-13-29(14-10-26)42-24-25-7-5-4-6-8-25/h4-16,31,37H,2-3,17-24H2,1H3/b32-30+. The third kappa shape index (κ3) is 7.01. The van der Waals surface area contributed by atoms with Gasteiger partial charge in [-0.1, -0.05) is 55.8 Å². The van der Waals surface area contributed by atoms with Gasteiger partial charge in [-0.3, -0.25) is 14.5 Å². The monoisotopic (exact) mass is 570 g/mol. The number of nitrogens with zero attached hydrogens (tertiary/aromatic N) is 2. The van der Waals surface area contributed by atoms with E-state index >= 15 is 0 Å². The second kappa shape index (κ2) is 14.2. The first-order valence-electron chi connectivity index (χ1n) is 14.6. The van der Waals surface area contributed by atoms with Gasteiger partial charge in [0.15, 0.2) is 0 Å². The highest BCUT2D eigenvalue weighted by atomic mass is 16.5. The van der Waals surface area contributed by atoms with Crippen LogP contribution in [0.15, 0.2) is 84.4 Å². The van der Waals surface area contributed by atoms with Crippen molar-refractivity contribution in [3.63, 3.8) is 0 Å². The molecule has 5 rings (SSSR count). The molecule has 2 fully saturated rings. The van der Waals surface area contributed by atoms with Crippen LogP contribution in [0.3, 0.4) is 0 Å². The zero-order valence-corrected chi connectivity index (χ0v) is 24.0. The zero-order valence-electron chi connectivity index (χ0n) is 24.0. The Hall–Kier alpha value is -4.14. The molecule has 2 aliphatic rings. The topological polar surface area (TPSA) is 88.5 Å². The quantitative estimate of drug-likeness (QED) is 0.139. The minimum absolute atomic E-state index is 0.0829. The smallest absolute Gasteiger partial charge is 0.295 e. The molecule has 0 radical (unpaired) electrons. The van der Waals surface area contributed by atoms with Gasteiger partial charge in [0.25, 0.3) is 11.7 Å². The summed E-state index contributed by atoms with van der Waals surface area (Å²) < 4.78 is 17.2. The number of amides is 1. The summed E-state index contributed by atoms with van der Waals surface area (Å²) in [5, 5.41) is 11.4. The predicted molar refractivity (Wildman–Crippen MR) is 160 cm³/mol. The molecule has 2 aliphatic heterocycles. The molecule has 1 unspecified atom stereocenters. The first-order valence-corrected chi connectivity index (χ1v) is 14.6. The van der Waals surface area contributed by atoms with Crippen molar-refractivity contribution < 1.29 is 28.9 Å². The van der Waals surface area contributed by atoms with Gasteiger partial charge in [-0.05, 0) is 53.9 Å². The summed E-state index contributed by atoms with van der Waals surface area (Å²) in [6.07, 6.45) is 1.98. The van der Waals surface area contributed by atoms with Gasteiger partial charge in [0.2, 0.25) is 0 Å². The molecule has 0 bridgehead atoms. The first kappa shape index (κ1) is 29.4. The van der Waals surface area contributed by atoms with E-state index in [9.17, 15) is 14.7 Å². The number of rotatable bonds is 12. The molecule has 0 aromatic heterocycles. The normalized spacial score (nSPS) is 18.8. The molecule has 3 aromatic carbocycles. The number of carbonyl (C=O) groups excluding carboxylic acids is 2. The van der Waals surface area contributed by atoms with E-state index in [1.54, 1.807) is 29.2 Å². The summed E-state index contributed by atoms with van der Waals surface area (Å²) in [6.45, 7) is 6.93. The number of benzene rings is 3. The Kier molecular flexibility index (Phi) is 9.90. The molecule has 1 N–H and O–H groups in total. The van der Waals surface area contributed by atoms with Crippen LogP contribution in [0.2, 0.25) is 0 Å². The summed E-state index contributed by atoms with van der Waals surface area (Å²) >= 11 is 0. The molecule has 220 valence electrons. The fourth-order valence-corrected chi connectivity index (χ4v) is 5.22. The van der Waals surface area contributed by atoms with Gasteiger partial charge in [0, 0.05) is 31.7 Å². The van der Waals surface area contributed by atoms with E-state index in [-0.39, 0.29) is 11.3 Å². The molecule has 0 saturated carbocycles. The van der Waals surface area contributed by atoms with Crippen LogP contribution in [0.4, 0.5) is 0 Å². The summed E-state index contributed by atoms with van der Waals surface area (Å²) in [4.78, 5) is 30.6. The molecule has 1 atom stereocenters. The van der Waals surface area contributed by atoms with Crippen molar-refractivity contribution in [2.45, 2.75) is 32.4 Å². The highest BCUT2D eigenvalue weighted by Gasteiger charge is 2.46. The number of hydrogen-bond acceptors (Lipinski definition) is 7. The van der Waals surface area contributed by atoms with E-state index in [4.69, 9.17) is 14.2 Å². The number of Topliss-reactive ketones (excluding diaryl/α,β-unsaturated/α-hetero) is 1. The third-order valence-corrected chi connectivity index (χ3v) is 7.64. The lowest BCUT2D eigenvalue weighted by Crippen LogP contribution is -2.42. The van der Waals surface area contributed by atoms with Gasteiger partial charge in [-0.25, -0.2) is 0 Å². The number of ketones is 1. The molecule has 0 aliphatic carbocycles. The zero-order chi connectivity index (χ0) is 29.3. The number of aliphatic hydroxyl groups excluding tert-OH is 1. The van der Waals surface area contributed by atoms with E-state index in [2.05, 4.69) is 11.8 Å². The fraction of sp³-hybridized carbons (Fsp3) is 0.353. The van der Waals surface area contributed by atoms with Crippen LogP contribution in [-0.4, -0.2) is 72.6 Å². The van der Waals surface area contributed by atoms with Gasteiger partial charge in [0.1, 0.15) is 23.9 Å². The van der Waals surface area contributed by atoms with Crippen molar-refractivity contribution in [2.24, 2.45) is 0 Å². The third-order valence-electron chi connectivity index (χ3n) is 7.64. The Labute approximate surface area is 247 Å². The van der Waals surface area contributed by atoms with Crippen molar-refractivity contribution in [3.05, 3.63) is 101 Å². The number of ether oxygens (including phenoxy) is 3. The van der Waals surface area contributed by atoms with Crippen LogP contribution >= 0.6 is 0 Å². The molecular weight excluding hydrogens is 532 g/mol. The molecule has 0 spiro atoms. The van der Waals surface area contributed by atoms with E-state index in [0.717, 1.165) is 37.1 Å². The van der Waals surface area contributed by atoms with E-state index in [1.807, 2.05) is 54.6 Å². The number of aliphatic hydroxyl groups is 1. The highest BCUT2D eigenvalue weighted by Crippen LogP contribution is 2.40. The summed E-state index contributed by atoms with van der Waals surface area (Å²) in [7, 11) is 0. The van der Waals surface area contributed by atoms with Crippen LogP contribution in [0, 0.1) is 0 Å². The number of morpholine rings is 1. The summed E-state index contributed by atoms with van der Waals surface area (Å²) in [6, 6.07) is 23.5. The van der Waals surface area contributed by atoms with Gasteiger partial charge in [-0.2, -0.15) is 0 Å². The van der Waals surface area contributed by atoms with Gasteiger partial charge in [0.05, 0.1) is 31.4 Å². The second-order valence-electron chi connectivity index (χ2n) is 10.5. The van der Waals surface area contributed by atoms with Crippen LogP contribution in [0.5, 0.6) is 11.5 Å². The molecule has 1 amide bonds. The van der Waals surface area contributed by atoms with Crippen LogP contribution in [0.1, 0.15) is 42.5 Å². The Morgan fingerprint density at radius 3 is 2.24 bits per heavy atom. The molecule has 8 nitrogen and oxygen atoms in total. The maximum Gasteiger partial charge on any atom is 0.295 e. The van der Waals surface area contributed by atoms with Crippen LogP contribution in [-0.2, 0) is 20.9 Å². The average molecular weight is 571 g/mol. The SMILES string of the molecule is CCCCOc1ccc(/C(O)=C2\C(=O)C(=O)N(CCN3CCOCC3)C2c2ccc(OCc3ccccc3)cc2)cc1. The summed E-state index contributed by atoms with van der Waals surface area (Å²) in [5.41, 5.74) is 2.32. The maximum absolute atomic E-state index is 13.4. The number of carbonyl (C=O) groups is 2. The minimum atomic E-state index is -0.727. The molecular formula is C34H38N2O6. The Morgan fingerprint density at radius 1 is 0.881 bits per heavy atom. The van der Waals surface area contributed by atoms with Crippen molar-refractivity contribution in [2.75, 3.05) is 46.0 Å². The molecule has 2 heterocycles. The number of likely N-dealkylation sites (tertiary alicyclic amines) is 1. The van der Waals surface area contributed by atoms with E-state index in [1.165, 1.54) is 0 Å². The van der Waals surface area contributed by atoms with Crippen LogP contribution in [0.25, 0.3) is 5.76 Å². The minimum Gasteiger partial charge on any atom is -0.507 e. The first-order chi connectivity index (χ1) is 20.5. The molecule has 42 heavy (non-hydrogen) atoms. The average Bonchev–Trinajstić information content (AvgIpc) is 3.29. The Bertz CT molecular complexity index is 1370.